The van der Waals surface area contributed by atoms with Crippen molar-refractivity contribution in [2.75, 3.05) is 6.61 Å². The van der Waals surface area contributed by atoms with E-state index in [1.807, 2.05) is 0 Å². The molecule has 0 unspecified atom stereocenters. The van der Waals surface area contributed by atoms with Gasteiger partial charge in [-0.15, -0.1) is 0 Å². The number of thiol groups is 1. The summed E-state index contributed by atoms with van der Waals surface area (Å²) in [6, 6.07) is 0. The first-order valence-corrected chi connectivity index (χ1v) is 1.50. The van der Waals surface area contributed by atoms with E-state index >= 15 is 0 Å². The Kier molecular flexibility index (Phi) is 3.57. The van der Waals surface area contributed by atoms with Crippen LogP contribution in [-0.4, -0.2) is 11.7 Å². The van der Waals surface area contributed by atoms with E-state index < -0.39 is 0 Å². The lowest BCUT2D eigenvalue weighted by atomic mass is 10.9. The zero-order valence-corrected chi connectivity index (χ0v) is 3.07. The van der Waals surface area contributed by atoms with Crippen molar-refractivity contribution in [3.63, 3.8) is 0 Å². The summed E-state index contributed by atoms with van der Waals surface area (Å²) in [5.74, 6) is 1.38. The quantitative estimate of drug-likeness (QED) is 0.424. The Bertz CT molecular complexity index is 8.00. The van der Waals surface area contributed by atoms with Crippen molar-refractivity contribution >= 4 is 12.6 Å². The first kappa shape index (κ1) is 4.31. The van der Waals surface area contributed by atoms with Crippen LogP contribution in [0.15, 0.2) is 0 Å². The van der Waals surface area contributed by atoms with Gasteiger partial charge in [0.1, 0.15) is 0 Å². The third-order valence-electron chi connectivity index (χ3n) is 0.0816. The molecule has 4 heavy (non-hydrogen) atoms. The summed E-state index contributed by atoms with van der Waals surface area (Å²) < 4.78 is 0. The van der Waals surface area contributed by atoms with Crippen LogP contribution in [0.2, 0.25) is 0 Å². The van der Waals surface area contributed by atoms with Gasteiger partial charge in [0.15, 0.2) is 0 Å². The SMILES string of the molecule is OC[CH]S. The van der Waals surface area contributed by atoms with Crippen LogP contribution < -0.4 is 0 Å². The fraction of sp³-hybridized carbons (Fsp3) is 0.500. The molecule has 0 amide bonds. The Morgan fingerprint density at radius 1 is 2.00 bits per heavy atom. The molecule has 0 aromatic heterocycles. The van der Waals surface area contributed by atoms with Crippen LogP contribution in [0.5, 0.6) is 0 Å². The zero-order valence-electron chi connectivity index (χ0n) is 2.18. The van der Waals surface area contributed by atoms with Gasteiger partial charge in [-0.05, 0) is 0 Å². The predicted molar refractivity (Wildman–Crippen MR) is 20.4 cm³/mol. The Morgan fingerprint density at radius 3 is 2.25 bits per heavy atom. The van der Waals surface area contributed by atoms with Crippen molar-refractivity contribution in [1.29, 1.82) is 0 Å². The maximum absolute atomic E-state index is 7.74. The fourth-order valence-corrected chi connectivity index (χ4v) is 0. The minimum Gasteiger partial charge on any atom is -0.395 e. The molecule has 0 spiro atoms. The van der Waals surface area contributed by atoms with Crippen molar-refractivity contribution < 1.29 is 5.11 Å². The predicted octanol–water partition coefficient (Wildman–Crippen LogP) is 0.0703. The van der Waals surface area contributed by atoms with Gasteiger partial charge >= 0.3 is 0 Å². The van der Waals surface area contributed by atoms with Gasteiger partial charge in [-0.3, -0.25) is 0 Å². The molecule has 1 N–H and O–H groups in total. The molecule has 0 aliphatic carbocycles. The van der Waals surface area contributed by atoms with Crippen LogP contribution in [0.4, 0.5) is 0 Å². The molecular weight excluding hydrogens is 72.1 g/mol. The molecule has 25 valence electrons. The second kappa shape index (κ2) is 3.31. The molecule has 0 saturated carbocycles. The van der Waals surface area contributed by atoms with E-state index in [1.165, 1.54) is 5.75 Å². The highest BCUT2D eigenvalue weighted by Crippen LogP contribution is 1.72. The first-order valence-electron chi connectivity index (χ1n) is 0.983. The van der Waals surface area contributed by atoms with Crippen LogP contribution in [0.1, 0.15) is 0 Å². The lowest BCUT2D eigenvalue weighted by Crippen LogP contribution is -1.68. The van der Waals surface area contributed by atoms with Crippen LogP contribution in [0, 0.1) is 5.75 Å². The van der Waals surface area contributed by atoms with E-state index in [0.29, 0.717) is 0 Å². The molecule has 0 bridgehead atoms. The van der Waals surface area contributed by atoms with Crippen LogP contribution >= 0.6 is 12.6 Å². The van der Waals surface area contributed by atoms with Gasteiger partial charge in [0.05, 0.1) is 6.61 Å². The Balaban J connectivity index is 1.97. The minimum absolute atomic E-state index is 0.0586. The molecule has 0 aliphatic heterocycles. The van der Waals surface area contributed by atoms with Crippen molar-refractivity contribution in [1.82, 2.24) is 0 Å². The average Bonchev–Trinajstić information content (AvgIpc) is 1.37. The van der Waals surface area contributed by atoms with Gasteiger partial charge in [-0.25, -0.2) is 0 Å². The smallest absolute Gasteiger partial charge is 0.0559 e. The molecule has 0 atom stereocenters. The molecule has 0 rings (SSSR count). The second-order valence-electron chi connectivity index (χ2n) is 0.365. The molecule has 0 aliphatic rings. The van der Waals surface area contributed by atoms with Crippen molar-refractivity contribution in [2.45, 2.75) is 0 Å². The summed E-state index contributed by atoms with van der Waals surface area (Å²) in [4.78, 5) is 0. The first-order chi connectivity index (χ1) is 1.91. The highest BCUT2D eigenvalue weighted by atomic mass is 32.1. The summed E-state index contributed by atoms with van der Waals surface area (Å²) in [7, 11) is 0. The molecule has 1 nitrogen and oxygen atoms in total. The Hall–Kier alpha value is 0.310. The summed E-state index contributed by atoms with van der Waals surface area (Å²) in [6.45, 7) is 0.0586. The van der Waals surface area contributed by atoms with E-state index in [2.05, 4.69) is 12.6 Å². The number of aliphatic hydroxyl groups excluding tert-OH is 1. The van der Waals surface area contributed by atoms with E-state index in [-0.39, 0.29) is 6.61 Å². The van der Waals surface area contributed by atoms with E-state index in [4.69, 9.17) is 5.11 Å². The number of aliphatic hydroxyl groups is 1. The number of hydrogen-bond acceptors (Lipinski definition) is 2. The van der Waals surface area contributed by atoms with Gasteiger partial charge < -0.3 is 5.11 Å². The van der Waals surface area contributed by atoms with Gasteiger partial charge in [0.2, 0.25) is 0 Å². The standard InChI is InChI=1S/C2H5OS/c3-1-2-4/h2-4H,1H2. The lowest BCUT2D eigenvalue weighted by Gasteiger charge is -1.68. The molecular formula is C2H5OS. The van der Waals surface area contributed by atoms with Crippen LogP contribution in [0.25, 0.3) is 0 Å². The molecule has 0 aromatic carbocycles. The number of hydrogen-bond donors (Lipinski definition) is 2. The molecule has 2 heteroatoms. The maximum atomic E-state index is 7.74. The molecule has 0 fully saturated rings. The third kappa shape index (κ3) is 2.31. The Labute approximate surface area is 31.1 Å². The van der Waals surface area contributed by atoms with Gasteiger partial charge in [0, 0.05) is 5.75 Å². The molecule has 1 radical (unpaired) electrons. The summed E-state index contributed by atoms with van der Waals surface area (Å²) >= 11 is 3.55. The van der Waals surface area contributed by atoms with Gasteiger partial charge in [-0.2, -0.15) is 12.6 Å². The highest BCUT2D eigenvalue weighted by molar-refractivity contribution is 7.82. The topological polar surface area (TPSA) is 20.2 Å². The highest BCUT2D eigenvalue weighted by Gasteiger charge is 1.59. The second-order valence-corrected chi connectivity index (χ2v) is 0.730. The van der Waals surface area contributed by atoms with E-state index in [1.54, 1.807) is 0 Å². The lowest BCUT2D eigenvalue weighted by molar-refractivity contribution is 0.337. The summed E-state index contributed by atoms with van der Waals surface area (Å²) in [5.41, 5.74) is 0. The third-order valence-corrected chi connectivity index (χ3v) is 0.245. The van der Waals surface area contributed by atoms with Crippen LogP contribution in [0.3, 0.4) is 0 Å². The zero-order chi connectivity index (χ0) is 3.41. The molecule has 0 heterocycles. The summed E-state index contributed by atoms with van der Waals surface area (Å²) in [6.07, 6.45) is 0. The van der Waals surface area contributed by atoms with Gasteiger partial charge in [-0.1, -0.05) is 0 Å². The minimum atomic E-state index is 0.0586. The van der Waals surface area contributed by atoms with Gasteiger partial charge in [0.25, 0.3) is 0 Å². The van der Waals surface area contributed by atoms with Crippen molar-refractivity contribution in [2.24, 2.45) is 0 Å². The van der Waals surface area contributed by atoms with Crippen molar-refractivity contribution in [3.05, 3.63) is 5.75 Å². The molecule has 0 saturated heterocycles. The normalized spacial score (nSPS) is 7.50. The fourth-order valence-electron chi connectivity index (χ4n) is 0. The number of rotatable bonds is 1. The largest absolute Gasteiger partial charge is 0.395 e. The average molecular weight is 77.1 g/mol. The Morgan fingerprint density at radius 2 is 2.25 bits per heavy atom. The van der Waals surface area contributed by atoms with E-state index in [0.717, 1.165) is 0 Å². The van der Waals surface area contributed by atoms with Crippen molar-refractivity contribution in [3.8, 4) is 0 Å². The molecule has 0 aromatic rings. The summed E-state index contributed by atoms with van der Waals surface area (Å²) in [5, 5.41) is 7.74. The monoisotopic (exact) mass is 77.0 g/mol. The van der Waals surface area contributed by atoms with E-state index in [9.17, 15) is 0 Å². The van der Waals surface area contributed by atoms with Crippen LogP contribution in [-0.2, 0) is 0 Å². The maximum Gasteiger partial charge on any atom is 0.0559 e.